The van der Waals surface area contributed by atoms with Gasteiger partial charge in [0.25, 0.3) is 0 Å². The number of nitrogens with two attached hydrogens (primary N) is 1. The minimum absolute atomic E-state index is 0.00435. The molecule has 0 spiro atoms. The molecule has 0 radical (unpaired) electrons. The van der Waals surface area contributed by atoms with Crippen LogP contribution in [0.4, 0.5) is 0 Å². The molecule has 70 valence electrons. The number of hydrogen-bond acceptors (Lipinski definition) is 2. The van der Waals surface area contributed by atoms with Gasteiger partial charge in [0.1, 0.15) is 0 Å². The normalized spacial score (nSPS) is 10.9. The van der Waals surface area contributed by atoms with E-state index in [4.69, 9.17) is 5.73 Å². The van der Waals surface area contributed by atoms with E-state index < -0.39 is 0 Å². The van der Waals surface area contributed by atoms with Crippen LogP contribution in [0.15, 0.2) is 0 Å². The Balaban J connectivity index is 3.68. The molecule has 0 aliphatic carbocycles. The number of carbonyl (C=O) groups is 1. The molecule has 0 aromatic rings. The van der Waals surface area contributed by atoms with E-state index >= 15 is 0 Å². The highest BCUT2D eigenvalue weighted by Gasteiger charge is 2.12. The van der Waals surface area contributed by atoms with Crippen LogP contribution in [-0.4, -0.2) is 16.4 Å². The zero-order valence-electron chi connectivity index (χ0n) is 7.81. The lowest BCUT2D eigenvalue weighted by Gasteiger charge is -2.20. The van der Waals surface area contributed by atoms with Crippen molar-refractivity contribution < 1.29 is 4.79 Å². The minimum Gasteiger partial charge on any atom is -0.393 e. The van der Waals surface area contributed by atoms with Crippen molar-refractivity contribution in [1.29, 1.82) is 0 Å². The molecule has 0 atom stereocenters. The second kappa shape index (κ2) is 4.40. The summed E-state index contributed by atoms with van der Waals surface area (Å²) < 4.78 is 0. The maximum absolute atomic E-state index is 11.1. The van der Waals surface area contributed by atoms with Crippen LogP contribution in [0.25, 0.3) is 0 Å². The average Bonchev–Trinajstić information content (AvgIpc) is 1.79. The molecule has 0 aliphatic heterocycles. The van der Waals surface area contributed by atoms with E-state index in [9.17, 15) is 4.79 Å². The van der Waals surface area contributed by atoms with E-state index in [1.165, 1.54) is 0 Å². The van der Waals surface area contributed by atoms with Crippen LogP contribution in [0, 0.1) is 0 Å². The second-order valence-corrected chi connectivity index (χ2v) is 4.29. The highest BCUT2D eigenvalue weighted by atomic mass is 32.1. The first kappa shape index (κ1) is 11.4. The highest BCUT2D eigenvalue weighted by molar-refractivity contribution is 7.80. The van der Waals surface area contributed by atoms with Crippen molar-refractivity contribution in [3.8, 4) is 0 Å². The van der Waals surface area contributed by atoms with Crippen LogP contribution >= 0.6 is 12.2 Å². The van der Waals surface area contributed by atoms with Crippen LogP contribution in [0.1, 0.15) is 33.6 Å². The van der Waals surface area contributed by atoms with Crippen molar-refractivity contribution in [2.45, 2.75) is 39.2 Å². The van der Waals surface area contributed by atoms with E-state index in [1.807, 2.05) is 20.8 Å². The van der Waals surface area contributed by atoms with Gasteiger partial charge in [0.15, 0.2) is 0 Å². The Labute approximate surface area is 78.7 Å². The van der Waals surface area contributed by atoms with Gasteiger partial charge in [-0.2, -0.15) is 0 Å². The molecule has 0 fully saturated rings. The molecule has 0 bridgehead atoms. The third-order valence-corrected chi connectivity index (χ3v) is 1.32. The number of nitrogens with one attached hydrogen (secondary N) is 1. The first-order valence-electron chi connectivity index (χ1n) is 3.90. The molecular formula is C8H16N2OS. The molecule has 0 heterocycles. The summed E-state index contributed by atoms with van der Waals surface area (Å²) in [5.74, 6) is -0.00435. The number of amides is 1. The standard InChI is InChI=1S/C8H16N2OS/c1-8(2,3)10-7(11)5-4-6(9)12/h4-5H2,1-3H3,(H2,9,12)(H,10,11). The Morgan fingerprint density at radius 1 is 1.42 bits per heavy atom. The van der Waals surface area contributed by atoms with E-state index in [0.717, 1.165) is 0 Å². The van der Waals surface area contributed by atoms with Gasteiger partial charge >= 0.3 is 0 Å². The lowest BCUT2D eigenvalue weighted by Crippen LogP contribution is -2.40. The summed E-state index contributed by atoms with van der Waals surface area (Å²) in [5.41, 5.74) is 5.08. The van der Waals surface area contributed by atoms with Gasteiger partial charge in [-0.3, -0.25) is 4.79 Å². The lowest BCUT2D eigenvalue weighted by atomic mass is 10.1. The maximum Gasteiger partial charge on any atom is 0.220 e. The first-order valence-corrected chi connectivity index (χ1v) is 4.31. The lowest BCUT2D eigenvalue weighted by molar-refractivity contribution is -0.122. The van der Waals surface area contributed by atoms with E-state index in [1.54, 1.807) is 0 Å². The monoisotopic (exact) mass is 188 g/mol. The van der Waals surface area contributed by atoms with E-state index in [0.29, 0.717) is 17.8 Å². The average molecular weight is 188 g/mol. The molecule has 0 saturated heterocycles. The first-order chi connectivity index (χ1) is 5.31. The zero-order valence-corrected chi connectivity index (χ0v) is 8.62. The van der Waals surface area contributed by atoms with Crippen molar-refractivity contribution >= 4 is 23.1 Å². The van der Waals surface area contributed by atoms with Crippen molar-refractivity contribution in [2.75, 3.05) is 0 Å². The van der Waals surface area contributed by atoms with Gasteiger partial charge in [0, 0.05) is 18.4 Å². The van der Waals surface area contributed by atoms with Crippen molar-refractivity contribution in [3.63, 3.8) is 0 Å². The fourth-order valence-electron chi connectivity index (χ4n) is 0.717. The number of thiocarbonyl (C=S) groups is 1. The molecule has 0 saturated carbocycles. The Bertz CT molecular complexity index is 184. The van der Waals surface area contributed by atoms with Crippen molar-refractivity contribution in [1.82, 2.24) is 5.32 Å². The highest BCUT2D eigenvalue weighted by Crippen LogP contribution is 2.00. The molecule has 3 N–H and O–H groups in total. The van der Waals surface area contributed by atoms with Gasteiger partial charge < -0.3 is 11.1 Å². The van der Waals surface area contributed by atoms with E-state index in [-0.39, 0.29) is 11.4 Å². The topological polar surface area (TPSA) is 55.1 Å². The minimum atomic E-state index is -0.173. The summed E-state index contributed by atoms with van der Waals surface area (Å²) in [6.07, 6.45) is 0.865. The Kier molecular flexibility index (Phi) is 4.17. The molecule has 12 heavy (non-hydrogen) atoms. The Morgan fingerprint density at radius 2 is 1.92 bits per heavy atom. The Morgan fingerprint density at radius 3 is 2.25 bits per heavy atom. The van der Waals surface area contributed by atoms with Crippen LogP contribution in [0.3, 0.4) is 0 Å². The molecule has 3 nitrogen and oxygen atoms in total. The van der Waals surface area contributed by atoms with E-state index in [2.05, 4.69) is 17.5 Å². The van der Waals surface area contributed by atoms with Crippen molar-refractivity contribution in [3.05, 3.63) is 0 Å². The SMILES string of the molecule is CC(C)(C)NC(=O)CCC(N)=S. The van der Waals surface area contributed by atoms with Crippen LogP contribution in [0.2, 0.25) is 0 Å². The maximum atomic E-state index is 11.1. The molecule has 0 aliphatic rings. The van der Waals surface area contributed by atoms with Gasteiger partial charge in [-0.05, 0) is 20.8 Å². The van der Waals surface area contributed by atoms with Gasteiger partial charge in [-0.15, -0.1) is 0 Å². The predicted octanol–water partition coefficient (Wildman–Crippen LogP) is 0.967. The van der Waals surface area contributed by atoms with Gasteiger partial charge in [0.05, 0.1) is 4.99 Å². The van der Waals surface area contributed by atoms with Crippen LogP contribution < -0.4 is 11.1 Å². The smallest absolute Gasteiger partial charge is 0.220 e. The summed E-state index contributed by atoms with van der Waals surface area (Å²) in [6, 6.07) is 0. The summed E-state index contributed by atoms with van der Waals surface area (Å²) in [5, 5.41) is 2.82. The summed E-state index contributed by atoms with van der Waals surface area (Å²) in [6.45, 7) is 5.81. The summed E-state index contributed by atoms with van der Waals surface area (Å²) in [4.78, 5) is 11.5. The third kappa shape index (κ3) is 7.47. The van der Waals surface area contributed by atoms with Crippen molar-refractivity contribution in [2.24, 2.45) is 5.73 Å². The zero-order chi connectivity index (χ0) is 9.78. The van der Waals surface area contributed by atoms with Gasteiger partial charge in [-0.1, -0.05) is 12.2 Å². The molecule has 0 rings (SSSR count). The number of rotatable bonds is 3. The van der Waals surface area contributed by atoms with Gasteiger partial charge in [0.2, 0.25) is 5.91 Å². The predicted molar refractivity (Wildman–Crippen MR) is 53.9 cm³/mol. The molecule has 1 amide bonds. The number of hydrogen-bond donors (Lipinski definition) is 2. The molecule has 0 aromatic carbocycles. The summed E-state index contributed by atoms with van der Waals surface area (Å²) >= 11 is 4.65. The fraction of sp³-hybridized carbons (Fsp3) is 0.750. The third-order valence-electron chi connectivity index (χ3n) is 1.11. The van der Waals surface area contributed by atoms with Gasteiger partial charge in [-0.25, -0.2) is 0 Å². The summed E-state index contributed by atoms with van der Waals surface area (Å²) in [7, 11) is 0. The Hall–Kier alpha value is -0.640. The second-order valence-electron chi connectivity index (χ2n) is 3.76. The quantitative estimate of drug-likeness (QED) is 0.649. The molecule has 0 unspecified atom stereocenters. The fourth-order valence-corrected chi connectivity index (χ4v) is 0.820. The number of carbonyl (C=O) groups excluding carboxylic acids is 1. The largest absolute Gasteiger partial charge is 0.393 e. The molecular weight excluding hydrogens is 172 g/mol. The molecule has 0 aromatic heterocycles. The van der Waals surface area contributed by atoms with Crippen LogP contribution in [-0.2, 0) is 4.79 Å². The molecule has 4 heteroatoms. The van der Waals surface area contributed by atoms with Crippen LogP contribution in [0.5, 0.6) is 0 Å².